The highest BCUT2D eigenvalue weighted by Gasteiger charge is 2.30. The Hall–Kier alpha value is -2.82. The Kier molecular flexibility index (Phi) is 5.56. The van der Waals surface area contributed by atoms with Crippen LogP contribution in [0, 0.1) is 5.92 Å². The number of Topliss-reactive ketones (excluding diaryl/α,β-unsaturated/α-hetero) is 1. The molecule has 26 heavy (non-hydrogen) atoms. The average molecular weight is 353 g/mol. The molecule has 1 amide bonds. The van der Waals surface area contributed by atoms with Crippen molar-refractivity contribution in [2.45, 2.75) is 12.8 Å². The molecule has 0 aromatic heterocycles. The summed E-state index contributed by atoms with van der Waals surface area (Å²) in [5.74, 6) is 0.993. The van der Waals surface area contributed by atoms with Gasteiger partial charge in [-0.15, -0.1) is 0 Å². The van der Waals surface area contributed by atoms with E-state index in [4.69, 9.17) is 9.47 Å². The van der Waals surface area contributed by atoms with Crippen LogP contribution in [0.25, 0.3) is 0 Å². The zero-order chi connectivity index (χ0) is 18.5. The minimum Gasteiger partial charge on any atom is -0.496 e. The molecule has 2 aromatic carbocycles. The lowest BCUT2D eigenvalue weighted by Gasteiger charge is -2.32. The minimum absolute atomic E-state index is 0.0407. The smallest absolute Gasteiger partial charge is 0.261 e. The molecule has 1 aliphatic heterocycles. The third-order valence-corrected chi connectivity index (χ3v) is 4.85. The molecule has 0 aliphatic carbocycles. The van der Waals surface area contributed by atoms with Gasteiger partial charge in [-0.3, -0.25) is 9.59 Å². The minimum atomic E-state index is -0.120. The van der Waals surface area contributed by atoms with Crippen LogP contribution in [0.5, 0.6) is 11.5 Å². The lowest BCUT2D eigenvalue weighted by atomic mass is 9.88. The monoisotopic (exact) mass is 353 g/mol. The number of hydrogen-bond acceptors (Lipinski definition) is 4. The van der Waals surface area contributed by atoms with Gasteiger partial charge in [0.25, 0.3) is 5.91 Å². The van der Waals surface area contributed by atoms with Gasteiger partial charge in [-0.2, -0.15) is 0 Å². The van der Waals surface area contributed by atoms with Gasteiger partial charge in [0.1, 0.15) is 17.1 Å². The van der Waals surface area contributed by atoms with E-state index in [1.54, 1.807) is 23.1 Å². The molecule has 0 spiro atoms. The number of methoxy groups -OCH3 is 2. The fraction of sp³-hybridized carbons (Fsp3) is 0.333. The molecule has 2 aromatic rings. The number of ketones is 1. The highest BCUT2D eigenvalue weighted by atomic mass is 16.5. The summed E-state index contributed by atoms with van der Waals surface area (Å²) in [6, 6.07) is 14.6. The number of benzene rings is 2. The van der Waals surface area contributed by atoms with Crippen molar-refractivity contribution >= 4 is 11.7 Å². The fourth-order valence-electron chi connectivity index (χ4n) is 3.40. The first-order valence-corrected chi connectivity index (χ1v) is 8.75. The van der Waals surface area contributed by atoms with E-state index in [-0.39, 0.29) is 17.6 Å². The summed E-state index contributed by atoms with van der Waals surface area (Å²) >= 11 is 0. The average Bonchev–Trinajstić information content (AvgIpc) is 2.72. The number of piperidine rings is 1. The van der Waals surface area contributed by atoms with Gasteiger partial charge in [0.05, 0.1) is 14.2 Å². The highest BCUT2D eigenvalue weighted by molar-refractivity contribution is 6.00. The first-order valence-electron chi connectivity index (χ1n) is 8.75. The van der Waals surface area contributed by atoms with Crippen LogP contribution in [-0.2, 0) is 0 Å². The van der Waals surface area contributed by atoms with Crippen LogP contribution in [-0.4, -0.2) is 43.9 Å². The maximum Gasteiger partial charge on any atom is 0.261 e. The molecule has 1 heterocycles. The number of ether oxygens (including phenoxy) is 2. The van der Waals surface area contributed by atoms with Crippen molar-refractivity contribution < 1.29 is 19.1 Å². The third-order valence-electron chi connectivity index (χ3n) is 4.85. The van der Waals surface area contributed by atoms with E-state index in [1.165, 1.54) is 14.2 Å². The number of hydrogen-bond donors (Lipinski definition) is 0. The molecule has 1 saturated heterocycles. The Morgan fingerprint density at radius 3 is 2.00 bits per heavy atom. The lowest BCUT2D eigenvalue weighted by Crippen LogP contribution is -2.40. The lowest BCUT2D eigenvalue weighted by molar-refractivity contribution is 0.0644. The molecule has 5 nitrogen and oxygen atoms in total. The Bertz CT molecular complexity index is 758. The van der Waals surface area contributed by atoms with Gasteiger partial charge in [0, 0.05) is 24.6 Å². The number of amides is 1. The van der Waals surface area contributed by atoms with Crippen LogP contribution < -0.4 is 9.47 Å². The molecule has 136 valence electrons. The Balaban J connectivity index is 1.71. The van der Waals surface area contributed by atoms with Gasteiger partial charge in [-0.1, -0.05) is 36.4 Å². The predicted octanol–water partition coefficient (Wildman–Crippen LogP) is 3.44. The van der Waals surface area contributed by atoms with Crippen LogP contribution in [0.4, 0.5) is 0 Å². The molecular weight excluding hydrogens is 330 g/mol. The van der Waals surface area contributed by atoms with Gasteiger partial charge in [-0.05, 0) is 25.0 Å². The topological polar surface area (TPSA) is 55.8 Å². The Labute approximate surface area is 153 Å². The van der Waals surface area contributed by atoms with Crippen LogP contribution in [0.15, 0.2) is 48.5 Å². The molecule has 0 unspecified atom stereocenters. The zero-order valence-electron chi connectivity index (χ0n) is 15.1. The molecule has 0 atom stereocenters. The van der Waals surface area contributed by atoms with E-state index in [0.29, 0.717) is 43.0 Å². The number of nitrogens with zero attached hydrogens (tertiary/aromatic N) is 1. The Morgan fingerprint density at radius 2 is 1.46 bits per heavy atom. The number of carbonyl (C=O) groups is 2. The SMILES string of the molecule is COc1cccc(OC)c1C(=O)N1CCC(C(=O)c2ccccc2)CC1. The predicted molar refractivity (Wildman–Crippen MR) is 98.9 cm³/mol. The number of carbonyl (C=O) groups excluding carboxylic acids is 2. The van der Waals surface area contributed by atoms with E-state index in [9.17, 15) is 9.59 Å². The van der Waals surface area contributed by atoms with Gasteiger partial charge in [0.15, 0.2) is 5.78 Å². The van der Waals surface area contributed by atoms with Crippen molar-refractivity contribution in [3.05, 3.63) is 59.7 Å². The second kappa shape index (κ2) is 8.04. The van der Waals surface area contributed by atoms with Crippen molar-refractivity contribution in [2.24, 2.45) is 5.92 Å². The van der Waals surface area contributed by atoms with Crippen molar-refractivity contribution in [1.82, 2.24) is 4.90 Å². The molecule has 1 fully saturated rings. The van der Waals surface area contributed by atoms with Gasteiger partial charge < -0.3 is 14.4 Å². The highest BCUT2D eigenvalue weighted by Crippen LogP contribution is 2.31. The second-order valence-corrected chi connectivity index (χ2v) is 6.33. The number of likely N-dealkylation sites (tertiary alicyclic amines) is 1. The molecule has 0 saturated carbocycles. The summed E-state index contributed by atoms with van der Waals surface area (Å²) in [6.45, 7) is 1.09. The fourth-order valence-corrected chi connectivity index (χ4v) is 3.40. The quantitative estimate of drug-likeness (QED) is 0.773. The largest absolute Gasteiger partial charge is 0.496 e. The maximum atomic E-state index is 13.0. The van der Waals surface area contributed by atoms with Gasteiger partial charge in [0.2, 0.25) is 0 Å². The Morgan fingerprint density at radius 1 is 0.885 bits per heavy atom. The van der Waals surface area contributed by atoms with E-state index < -0.39 is 0 Å². The summed E-state index contributed by atoms with van der Waals surface area (Å²) in [5.41, 5.74) is 1.18. The van der Waals surface area contributed by atoms with Crippen molar-refractivity contribution in [2.75, 3.05) is 27.3 Å². The molecule has 1 aliphatic rings. The van der Waals surface area contributed by atoms with E-state index in [1.807, 2.05) is 30.3 Å². The first kappa shape index (κ1) is 18.0. The van der Waals surface area contributed by atoms with Gasteiger partial charge in [-0.25, -0.2) is 0 Å². The van der Waals surface area contributed by atoms with E-state index in [0.717, 1.165) is 5.56 Å². The maximum absolute atomic E-state index is 13.0. The normalized spacial score (nSPS) is 14.8. The number of rotatable bonds is 5. The summed E-state index contributed by atoms with van der Waals surface area (Å²) in [4.78, 5) is 27.4. The molecule has 5 heteroatoms. The summed E-state index contributed by atoms with van der Waals surface area (Å²) < 4.78 is 10.7. The first-order chi connectivity index (χ1) is 12.7. The summed E-state index contributed by atoms with van der Waals surface area (Å²) in [7, 11) is 3.08. The molecule has 3 rings (SSSR count). The van der Waals surface area contributed by atoms with E-state index in [2.05, 4.69) is 0 Å². The molecular formula is C21H23NO4. The standard InChI is InChI=1S/C21H23NO4/c1-25-17-9-6-10-18(26-2)19(17)21(24)22-13-11-16(12-14-22)20(23)15-7-4-3-5-8-15/h3-10,16H,11-14H2,1-2H3. The van der Waals surface area contributed by atoms with Crippen molar-refractivity contribution in [3.8, 4) is 11.5 Å². The van der Waals surface area contributed by atoms with Crippen LogP contribution in [0.3, 0.4) is 0 Å². The van der Waals surface area contributed by atoms with Crippen LogP contribution in [0.2, 0.25) is 0 Å². The van der Waals surface area contributed by atoms with Crippen molar-refractivity contribution in [3.63, 3.8) is 0 Å². The zero-order valence-corrected chi connectivity index (χ0v) is 15.1. The summed E-state index contributed by atoms with van der Waals surface area (Å²) in [6.07, 6.45) is 1.33. The molecule has 0 N–H and O–H groups in total. The summed E-state index contributed by atoms with van der Waals surface area (Å²) in [5, 5.41) is 0. The third kappa shape index (κ3) is 3.57. The molecule has 0 radical (unpaired) electrons. The van der Waals surface area contributed by atoms with Gasteiger partial charge >= 0.3 is 0 Å². The van der Waals surface area contributed by atoms with Crippen LogP contribution >= 0.6 is 0 Å². The second-order valence-electron chi connectivity index (χ2n) is 6.33. The van der Waals surface area contributed by atoms with E-state index >= 15 is 0 Å². The van der Waals surface area contributed by atoms with Crippen molar-refractivity contribution in [1.29, 1.82) is 0 Å². The molecule has 0 bridgehead atoms. The van der Waals surface area contributed by atoms with Crippen LogP contribution in [0.1, 0.15) is 33.6 Å².